The van der Waals surface area contributed by atoms with Gasteiger partial charge < -0.3 is 10.2 Å². The molecule has 0 aliphatic heterocycles. The molecular formula is C21H22O4. The number of fused-ring (bicyclic) bond motifs is 3. The molecule has 2 aromatic carbocycles. The number of rotatable bonds is 6. The second kappa shape index (κ2) is 6.36. The van der Waals surface area contributed by atoms with Crippen LogP contribution < -0.4 is 0 Å². The topological polar surface area (TPSA) is 74.6 Å². The molecule has 0 radical (unpaired) electrons. The maximum Gasteiger partial charge on any atom is 0.311 e. The van der Waals surface area contributed by atoms with E-state index in [2.05, 4.69) is 0 Å². The van der Waals surface area contributed by atoms with Gasteiger partial charge in [-0.3, -0.25) is 9.59 Å². The van der Waals surface area contributed by atoms with Gasteiger partial charge >= 0.3 is 11.9 Å². The van der Waals surface area contributed by atoms with Gasteiger partial charge in [0.1, 0.15) is 0 Å². The van der Waals surface area contributed by atoms with E-state index in [1.165, 1.54) is 0 Å². The van der Waals surface area contributed by atoms with Crippen LogP contribution in [0, 0.1) is 11.3 Å². The van der Waals surface area contributed by atoms with E-state index in [4.69, 9.17) is 0 Å². The quantitative estimate of drug-likeness (QED) is 0.819. The van der Waals surface area contributed by atoms with E-state index >= 15 is 0 Å². The van der Waals surface area contributed by atoms with Crippen molar-refractivity contribution >= 4 is 11.9 Å². The molecule has 4 nitrogen and oxygen atoms in total. The Morgan fingerprint density at radius 2 is 1.44 bits per heavy atom. The first-order chi connectivity index (χ1) is 12.0. The van der Waals surface area contributed by atoms with Crippen LogP contribution in [0.25, 0.3) is 11.1 Å². The largest absolute Gasteiger partial charge is 0.481 e. The predicted octanol–water partition coefficient (Wildman–Crippen LogP) is 4.39. The first-order valence-electron chi connectivity index (χ1n) is 8.63. The minimum atomic E-state index is -1.39. The average molecular weight is 338 g/mol. The van der Waals surface area contributed by atoms with Gasteiger partial charge in [0.25, 0.3) is 0 Å². The molecule has 0 aromatic heterocycles. The van der Waals surface area contributed by atoms with Gasteiger partial charge in [-0.15, -0.1) is 0 Å². The maximum absolute atomic E-state index is 12.5. The summed E-state index contributed by atoms with van der Waals surface area (Å²) in [5.41, 5.74) is 2.44. The van der Waals surface area contributed by atoms with Crippen LogP contribution in [0.15, 0.2) is 48.5 Å². The first kappa shape index (κ1) is 17.2. The van der Waals surface area contributed by atoms with Gasteiger partial charge in [-0.2, -0.15) is 0 Å². The zero-order valence-corrected chi connectivity index (χ0v) is 14.4. The Bertz CT molecular complexity index is 781. The molecule has 2 atom stereocenters. The van der Waals surface area contributed by atoms with Gasteiger partial charge in [-0.05, 0) is 35.1 Å². The molecule has 0 bridgehead atoms. The van der Waals surface area contributed by atoms with Crippen molar-refractivity contribution in [3.8, 4) is 11.1 Å². The number of hydrogen-bond donors (Lipinski definition) is 2. The van der Waals surface area contributed by atoms with Crippen LogP contribution in [-0.4, -0.2) is 22.2 Å². The van der Waals surface area contributed by atoms with E-state index in [-0.39, 0.29) is 12.8 Å². The summed E-state index contributed by atoms with van der Waals surface area (Å²) in [7, 11) is 0. The van der Waals surface area contributed by atoms with Gasteiger partial charge in [-0.25, -0.2) is 0 Å². The van der Waals surface area contributed by atoms with E-state index < -0.39 is 29.2 Å². The van der Waals surface area contributed by atoms with Crippen LogP contribution in [0.4, 0.5) is 0 Å². The summed E-state index contributed by atoms with van der Waals surface area (Å²) in [6, 6.07) is 15.5. The van der Waals surface area contributed by atoms with E-state index in [0.717, 1.165) is 22.3 Å². The lowest BCUT2D eigenvalue weighted by atomic mass is 9.61. The molecule has 4 heteroatoms. The molecule has 0 saturated carbocycles. The fraction of sp³-hybridized carbons (Fsp3) is 0.333. The lowest BCUT2D eigenvalue weighted by Crippen LogP contribution is -2.46. The van der Waals surface area contributed by atoms with Crippen LogP contribution in [0.5, 0.6) is 0 Å². The van der Waals surface area contributed by atoms with Gasteiger partial charge in [-0.1, -0.05) is 62.4 Å². The normalized spacial score (nSPS) is 16.6. The third-order valence-electron chi connectivity index (χ3n) is 5.66. The van der Waals surface area contributed by atoms with Gasteiger partial charge in [0, 0.05) is 5.92 Å². The number of benzene rings is 2. The Balaban J connectivity index is 2.34. The molecule has 2 N–H and O–H groups in total. The van der Waals surface area contributed by atoms with Crippen molar-refractivity contribution in [2.75, 3.05) is 0 Å². The predicted molar refractivity (Wildman–Crippen MR) is 95.5 cm³/mol. The molecular weight excluding hydrogens is 316 g/mol. The highest BCUT2D eigenvalue weighted by molar-refractivity contribution is 5.89. The molecule has 0 saturated heterocycles. The Hall–Kier alpha value is -2.62. The van der Waals surface area contributed by atoms with Crippen LogP contribution in [0.2, 0.25) is 0 Å². The standard InChI is InChI=1S/C21H22O4/c1-3-17(19(22)23)21(4-2,20(24)25)18-15-11-7-5-9-13(15)14-10-6-8-12-16(14)18/h5-12,17-18H,3-4H2,1-2H3,(H,22,23)(H,24,25). The fourth-order valence-corrected chi connectivity index (χ4v) is 4.55. The number of carbonyl (C=O) groups is 2. The summed E-state index contributed by atoms with van der Waals surface area (Å²) in [5, 5.41) is 20.0. The molecule has 130 valence electrons. The smallest absolute Gasteiger partial charge is 0.311 e. The lowest BCUT2D eigenvalue weighted by molar-refractivity contribution is -0.164. The molecule has 0 fully saturated rings. The van der Waals surface area contributed by atoms with Gasteiger partial charge in [0.15, 0.2) is 0 Å². The Morgan fingerprint density at radius 3 is 1.80 bits per heavy atom. The summed E-state index contributed by atoms with van der Waals surface area (Å²) in [4.78, 5) is 24.5. The van der Waals surface area contributed by atoms with Crippen molar-refractivity contribution < 1.29 is 19.8 Å². The number of carboxylic acid groups (broad SMARTS) is 2. The highest BCUT2D eigenvalue weighted by Gasteiger charge is 2.56. The van der Waals surface area contributed by atoms with Crippen molar-refractivity contribution in [1.29, 1.82) is 0 Å². The first-order valence-corrected chi connectivity index (χ1v) is 8.63. The van der Waals surface area contributed by atoms with E-state index in [0.29, 0.717) is 0 Å². The van der Waals surface area contributed by atoms with Crippen molar-refractivity contribution in [3.63, 3.8) is 0 Å². The summed E-state index contributed by atoms with van der Waals surface area (Å²) in [6.07, 6.45) is 0.525. The molecule has 1 aliphatic carbocycles. The maximum atomic E-state index is 12.5. The average Bonchev–Trinajstić information content (AvgIpc) is 2.94. The second-order valence-corrected chi connectivity index (χ2v) is 6.61. The fourth-order valence-electron chi connectivity index (χ4n) is 4.55. The van der Waals surface area contributed by atoms with Crippen molar-refractivity contribution in [1.82, 2.24) is 0 Å². The monoisotopic (exact) mass is 338 g/mol. The Morgan fingerprint density at radius 1 is 0.960 bits per heavy atom. The number of carboxylic acids is 2. The number of aliphatic carboxylic acids is 2. The van der Waals surface area contributed by atoms with Crippen molar-refractivity contribution in [2.24, 2.45) is 11.3 Å². The zero-order chi connectivity index (χ0) is 18.2. The summed E-state index contributed by atoms with van der Waals surface area (Å²) in [6.45, 7) is 3.53. The molecule has 0 spiro atoms. The Labute approximate surface area is 147 Å². The third-order valence-corrected chi connectivity index (χ3v) is 5.66. The van der Waals surface area contributed by atoms with E-state index in [1.54, 1.807) is 13.8 Å². The zero-order valence-electron chi connectivity index (χ0n) is 14.4. The van der Waals surface area contributed by atoms with Gasteiger partial charge in [0.05, 0.1) is 11.3 Å². The molecule has 2 aromatic rings. The molecule has 0 amide bonds. The third kappa shape index (κ3) is 2.36. The minimum absolute atomic E-state index is 0.250. The molecule has 2 unspecified atom stereocenters. The van der Waals surface area contributed by atoms with Crippen LogP contribution >= 0.6 is 0 Å². The van der Waals surface area contributed by atoms with Crippen molar-refractivity contribution in [3.05, 3.63) is 59.7 Å². The molecule has 3 rings (SSSR count). The molecule has 1 aliphatic rings. The van der Waals surface area contributed by atoms with Crippen LogP contribution in [0.1, 0.15) is 43.7 Å². The van der Waals surface area contributed by atoms with Crippen LogP contribution in [-0.2, 0) is 9.59 Å². The highest BCUT2D eigenvalue weighted by Crippen LogP contribution is 2.57. The SMILES string of the molecule is CCC(C(=O)O)C(CC)(C(=O)O)C1c2ccccc2-c2ccccc21. The van der Waals surface area contributed by atoms with Crippen LogP contribution in [0.3, 0.4) is 0 Å². The molecule has 25 heavy (non-hydrogen) atoms. The van der Waals surface area contributed by atoms with Gasteiger partial charge in [0.2, 0.25) is 0 Å². The summed E-state index contributed by atoms with van der Waals surface area (Å²) < 4.78 is 0. The van der Waals surface area contributed by atoms with Crippen molar-refractivity contribution in [2.45, 2.75) is 32.6 Å². The van der Waals surface area contributed by atoms with E-state index in [9.17, 15) is 19.8 Å². The molecule has 0 heterocycles. The summed E-state index contributed by atoms with van der Waals surface area (Å²) >= 11 is 0. The van der Waals surface area contributed by atoms with E-state index in [1.807, 2.05) is 48.5 Å². The minimum Gasteiger partial charge on any atom is -0.481 e. The number of hydrogen-bond acceptors (Lipinski definition) is 2. The Kier molecular flexibility index (Phi) is 4.38. The lowest BCUT2D eigenvalue weighted by Gasteiger charge is -2.39. The summed E-state index contributed by atoms with van der Waals surface area (Å²) in [5.74, 6) is -3.52. The highest BCUT2D eigenvalue weighted by atomic mass is 16.4. The second-order valence-electron chi connectivity index (χ2n) is 6.61.